The molecule has 2 nitrogen and oxygen atoms in total. The van der Waals surface area contributed by atoms with Crippen molar-refractivity contribution in [1.29, 1.82) is 0 Å². The number of Topliss-reactive ketones (excluding diaryl/α,β-unsaturated/α-hetero) is 1. The van der Waals surface area contributed by atoms with Crippen molar-refractivity contribution >= 4 is 18.2 Å². The van der Waals surface area contributed by atoms with E-state index in [1.807, 2.05) is 48.5 Å². The van der Waals surface area contributed by atoms with Crippen LogP contribution in [0.3, 0.4) is 0 Å². The van der Waals surface area contributed by atoms with Crippen molar-refractivity contribution in [3.63, 3.8) is 0 Å². The van der Waals surface area contributed by atoms with Crippen LogP contribution in [0.4, 0.5) is 0 Å². The first-order chi connectivity index (χ1) is 9.75. The summed E-state index contributed by atoms with van der Waals surface area (Å²) in [5, 5.41) is 9.99. The van der Waals surface area contributed by atoms with Crippen molar-refractivity contribution in [2.24, 2.45) is 0 Å². The monoisotopic (exact) mass is 304 g/mol. The smallest absolute Gasteiger partial charge is 0.135 e. The van der Waals surface area contributed by atoms with Crippen LogP contribution < -0.4 is 0 Å². The Morgan fingerprint density at radius 1 is 0.952 bits per heavy atom. The van der Waals surface area contributed by atoms with Gasteiger partial charge in [0.2, 0.25) is 0 Å². The van der Waals surface area contributed by atoms with Crippen LogP contribution in [0, 0.1) is 0 Å². The molecule has 0 aliphatic rings. The van der Waals surface area contributed by atoms with Gasteiger partial charge >= 0.3 is 0 Å². The summed E-state index contributed by atoms with van der Waals surface area (Å²) >= 11 is 0. The summed E-state index contributed by atoms with van der Waals surface area (Å²) < 4.78 is 0. The Morgan fingerprint density at radius 3 is 2.14 bits per heavy atom. The van der Waals surface area contributed by atoms with Gasteiger partial charge in [0.25, 0.3) is 0 Å². The third-order valence-electron chi connectivity index (χ3n) is 3.37. The Labute approximate surface area is 132 Å². The van der Waals surface area contributed by atoms with E-state index >= 15 is 0 Å². The molecule has 2 aromatic rings. The summed E-state index contributed by atoms with van der Waals surface area (Å²) in [4.78, 5) is 11.9. The molecule has 0 aliphatic heterocycles. The van der Waals surface area contributed by atoms with Crippen LogP contribution in [0.2, 0.25) is 0 Å². The normalized spacial score (nSPS) is 11.5. The molecule has 2 aromatic carbocycles. The number of aryl methyl sites for hydroxylation is 1. The number of hydrogen-bond acceptors (Lipinski definition) is 2. The maximum Gasteiger partial charge on any atom is 0.135 e. The molecular weight excluding hydrogens is 284 g/mol. The predicted molar refractivity (Wildman–Crippen MR) is 87.7 cm³/mol. The highest BCUT2D eigenvalue weighted by molar-refractivity contribution is 5.85. The summed E-state index contributed by atoms with van der Waals surface area (Å²) in [5.74, 6) is 0.122. The van der Waals surface area contributed by atoms with Crippen molar-refractivity contribution in [2.45, 2.75) is 31.8 Å². The van der Waals surface area contributed by atoms with Gasteiger partial charge in [-0.15, -0.1) is 12.4 Å². The van der Waals surface area contributed by atoms with Crippen LogP contribution in [0.25, 0.3) is 0 Å². The molecule has 112 valence electrons. The molecule has 1 unspecified atom stereocenters. The van der Waals surface area contributed by atoms with Crippen LogP contribution >= 0.6 is 12.4 Å². The van der Waals surface area contributed by atoms with E-state index in [1.54, 1.807) is 0 Å². The van der Waals surface area contributed by atoms with Gasteiger partial charge < -0.3 is 5.11 Å². The van der Waals surface area contributed by atoms with E-state index < -0.39 is 6.10 Å². The van der Waals surface area contributed by atoms with Crippen LogP contribution in [0.15, 0.2) is 60.7 Å². The first-order valence-electron chi connectivity index (χ1n) is 7.04. The number of hydrogen-bond donors (Lipinski definition) is 1. The zero-order chi connectivity index (χ0) is 14.2. The van der Waals surface area contributed by atoms with Crippen molar-refractivity contribution in [3.05, 3.63) is 71.8 Å². The molecule has 0 spiro atoms. The molecule has 0 amide bonds. The Kier molecular flexibility index (Phi) is 7.73. The maximum absolute atomic E-state index is 11.9. The lowest BCUT2D eigenvalue weighted by Gasteiger charge is -2.09. The van der Waals surface area contributed by atoms with E-state index in [4.69, 9.17) is 0 Å². The van der Waals surface area contributed by atoms with Crippen LogP contribution in [0.1, 0.15) is 36.5 Å². The Balaban J connectivity index is 0.00000220. The number of carbonyl (C=O) groups excluding carboxylic acids is 1. The van der Waals surface area contributed by atoms with Gasteiger partial charge in [0, 0.05) is 12.8 Å². The highest BCUT2D eigenvalue weighted by atomic mass is 35.5. The third kappa shape index (κ3) is 6.11. The molecule has 2 rings (SSSR count). The lowest BCUT2D eigenvalue weighted by Crippen LogP contribution is -2.07. The number of ketones is 1. The first-order valence-corrected chi connectivity index (χ1v) is 7.04. The summed E-state index contributed by atoms with van der Waals surface area (Å²) in [5.41, 5.74) is 2.06. The molecular formula is C18H21ClO2. The number of aliphatic hydroxyl groups excluding tert-OH is 1. The maximum atomic E-state index is 11.9. The van der Waals surface area contributed by atoms with Gasteiger partial charge in [0.1, 0.15) is 5.78 Å². The standard InChI is InChI=1S/C18H20O2.ClH/c19-17(13-7-10-15-8-3-1-4-9-15)14-18(20)16-11-5-2-6-12-16;/h1-6,8-9,11-12,18,20H,7,10,13-14H2;1H. The van der Waals surface area contributed by atoms with E-state index in [-0.39, 0.29) is 24.6 Å². The lowest BCUT2D eigenvalue weighted by molar-refractivity contribution is -0.121. The van der Waals surface area contributed by atoms with Gasteiger partial charge in [-0.1, -0.05) is 60.7 Å². The van der Waals surface area contributed by atoms with Gasteiger partial charge in [0.05, 0.1) is 6.10 Å². The second-order valence-electron chi connectivity index (χ2n) is 5.01. The fourth-order valence-corrected chi connectivity index (χ4v) is 2.25. The summed E-state index contributed by atoms with van der Waals surface area (Å²) in [6.07, 6.45) is 1.80. The summed E-state index contributed by atoms with van der Waals surface area (Å²) in [6, 6.07) is 19.5. The van der Waals surface area contributed by atoms with Crippen molar-refractivity contribution in [1.82, 2.24) is 0 Å². The molecule has 0 aromatic heterocycles. The number of halogens is 1. The molecule has 0 radical (unpaired) electrons. The molecule has 3 heteroatoms. The molecule has 0 saturated heterocycles. The van der Waals surface area contributed by atoms with Gasteiger partial charge in [0.15, 0.2) is 0 Å². The highest BCUT2D eigenvalue weighted by Gasteiger charge is 2.12. The van der Waals surface area contributed by atoms with Gasteiger partial charge in [-0.3, -0.25) is 4.79 Å². The van der Waals surface area contributed by atoms with Gasteiger partial charge in [-0.05, 0) is 24.0 Å². The molecule has 21 heavy (non-hydrogen) atoms. The summed E-state index contributed by atoms with van der Waals surface area (Å²) in [6.45, 7) is 0. The highest BCUT2D eigenvalue weighted by Crippen LogP contribution is 2.17. The topological polar surface area (TPSA) is 37.3 Å². The SMILES string of the molecule is Cl.O=C(CCCc1ccccc1)CC(O)c1ccccc1. The molecule has 0 aliphatic carbocycles. The lowest BCUT2D eigenvalue weighted by atomic mass is 10.0. The van der Waals surface area contributed by atoms with Gasteiger partial charge in [-0.2, -0.15) is 0 Å². The molecule has 0 bridgehead atoms. The fraction of sp³-hybridized carbons (Fsp3) is 0.278. The first kappa shape index (κ1) is 17.4. The van der Waals surface area contributed by atoms with E-state index in [1.165, 1.54) is 5.56 Å². The molecule has 1 atom stereocenters. The van der Waals surface area contributed by atoms with E-state index in [9.17, 15) is 9.90 Å². The molecule has 0 fully saturated rings. The van der Waals surface area contributed by atoms with Crippen LogP contribution in [-0.4, -0.2) is 10.9 Å². The minimum atomic E-state index is -0.680. The van der Waals surface area contributed by atoms with Crippen LogP contribution in [0.5, 0.6) is 0 Å². The average Bonchev–Trinajstić information content (AvgIpc) is 2.49. The van der Waals surface area contributed by atoms with E-state index in [0.717, 1.165) is 18.4 Å². The van der Waals surface area contributed by atoms with Crippen molar-refractivity contribution < 1.29 is 9.90 Å². The van der Waals surface area contributed by atoms with Gasteiger partial charge in [-0.25, -0.2) is 0 Å². The number of rotatable bonds is 7. The molecule has 0 heterocycles. The zero-order valence-electron chi connectivity index (χ0n) is 11.9. The molecule has 1 N–H and O–H groups in total. The van der Waals surface area contributed by atoms with E-state index in [0.29, 0.717) is 6.42 Å². The number of aliphatic hydroxyl groups is 1. The van der Waals surface area contributed by atoms with Crippen molar-refractivity contribution in [3.8, 4) is 0 Å². The second kappa shape index (κ2) is 9.32. The minimum Gasteiger partial charge on any atom is -0.388 e. The Bertz CT molecular complexity index is 525. The predicted octanol–water partition coefficient (Wildman–Crippen LogP) is 4.12. The largest absolute Gasteiger partial charge is 0.388 e. The molecule has 0 saturated carbocycles. The number of carbonyl (C=O) groups is 1. The van der Waals surface area contributed by atoms with Crippen molar-refractivity contribution in [2.75, 3.05) is 0 Å². The second-order valence-corrected chi connectivity index (χ2v) is 5.01. The number of benzene rings is 2. The quantitative estimate of drug-likeness (QED) is 0.835. The minimum absolute atomic E-state index is 0. The van der Waals surface area contributed by atoms with E-state index in [2.05, 4.69) is 12.1 Å². The summed E-state index contributed by atoms with van der Waals surface area (Å²) in [7, 11) is 0. The average molecular weight is 305 g/mol. The Hall–Kier alpha value is -1.64. The van der Waals surface area contributed by atoms with Crippen LogP contribution in [-0.2, 0) is 11.2 Å². The Morgan fingerprint density at radius 2 is 1.52 bits per heavy atom. The third-order valence-corrected chi connectivity index (χ3v) is 3.37. The fourth-order valence-electron chi connectivity index (χ4n) is 2.25. The zero-order valence-corrected chi connectivity index (χ0v) is 12.8.